The standard InChI is InChI=1S/C14H18INO2S/c1-10-6-8-11(9-7-10)19(17,18)16-13-5-3-2-4-12(15)14(13)16/h6-9,12-14H,2-5H2,1H3/t12-,13-,14+,16?/m1/s1. The number of aryl methyl sites for hydroxylation is 1. The minimum atomic E-state index is -3.29. The van der Waals surface area contributed by atoms with Crippen molar-refractivity contribution < 1.29 is 8.42 Å². The molecule has 1 heterocycles. The maximum absolute atomic E-state index is 12.7. The molecule has 1 saturated carbocycles. The van der Waals surface area contributed by atoms with Crippen LogP contribution < -0.4 is 0 Å². The van der Waals surface area contributed by atoms with E-state index < -0.39 is 10.0 Å². The van der Waals surface area contributed by atoms with Crippen LogP contribution in [0.1, 0.15) is 31.2 Å². The van der Waals surface area contributed by atoms with Crippen LogP contribution in [0.25, 0.3) is 0 Å². The fourth-order valence-electron chi connectivity index (χ4n) is 3.01. The number of fused-ring (bicyclic) bond motifs is 1. The van der Waals surface area contributed by atoms with Crippen LogP contribution in [0.4, 0.5) is 0 Å². The van der Waals surface area contributed by atoms with Crippen molar-refractivity contribution in [3.63, 3.8) is 0 Å². The maximum Gasteiger partial charge on any atom is 0.243 e. The molecular formula is C14H18INO2S. The number of nitrogens with zero attached hydrogens (tertiary/aromatic N) is 1. The predicted molar refractivity (Wildman–Crippen MR) is 84.1 cm³/mol. The Morgan fingerprint density at radius 2 is 1.79 bits per heavy atom. The summed E-state index contributed by atoms with van der Waals surface area (Å²) in [7, 11) is -3.29. The maximum atomic E-state index is 12.7. The Morgan fingerprint density at radius 3 is 2.47 bits per heavy atom. The number of halogens is 1. The summed E-state index contributed by atoms with van der Waals surface area (Å²) in [4.78, 5) is 0.440. The fraction of sp³-hybridized carbons (Fsp3) is 0.571. The minimum absolute atomic E-state index is 0.231. The van der Waals surface area contributed by atoms with Gasteiger partial charge < -0.3 is 0 Å². The van der Waals surface area contributed by atoms with Gasteiger partial charge in [0, 0.05) is 9.97 Å². The molecule has 0 spiro atoms. The van der Waals surface area contributed by atoms with E-state index in [0.717, 1.165) is 24.8 Å². The molecule has 4 atom stereocenters. The molecule has 1 aliphatic carbocycles. The van der Waals surface area contributed by atoms with Crippen molar-refractivity contribution in [1.82, 2.24) is 4.31 Å². The number of sulfonamides is 1. The summed E-state index contributed by atoms with van der Waals surface area (Å²) in [6, 6.07) is 7.67. The second-order valence-electron chi connectivity index (χ2n) is 5.51. The molecule has 2 fully saturated rings. The molecule has 19 heavy (non-hydrogen) atoms. The molecule has 1 saturated heterocycles. The van der Waals surface area contributed by atoms with E-state index in [-0.39, 0.29) is 12.1 Å². The molecule has 0 N–H and O–H groups in total. The lowest BCUT2D eigenvalue weighted by atomic mass is 10.2. The van der Waals surface area contributed by atoms with Crippen LogP contribution >= 0.6 is 22.6 Å². The van der Waals surface area contributed by atoms with E-state index in [1.165, 1.54) is 6.42 Å². The number of hydrogen-bond donors (Lipinski definition) is 0. The fourth-order valence-corrected chi connectivity index (χ4v) is 6.36. The van der Waals surface area contributed by atoms with Gasteiger partial charge in [-0.05, 0) is 31.9 Å². The zero-order valence-electron chi connectivity index (χ0n) is 10.9. The number of rotatable bonds is 2. The zero-order chi connectivity index (χ0) is 13.6. The van der Waals surface area contributed by atoms with Gasteiger partial charge in [0.1, 0.15) is 0 Å². The first-order valence-electron chi connectivity index (χ1n) is 6.76. The monoisotopic (exact) mass is 391 g/mol. The highest BCUT2D eigenvalue weighted by Gasteiger charge is 2.58. The molecule has 5 heteroatoms. The molecule has 3 rings (SSSR count). The normalized spacial score (nSPS) is 34.4. The second kappa shape index (κ2) is 5.00. The van der Waals surface area contributed by atoms with Crippen LogP contribution in [0, 0.1) is 6.92 Å². The Kier molecular flexibility index (Phi) is 3.64. The van der Waals surface area contributed by atoms with Gasteiger partial charge in [-0.3, -0.25) is 0 Å². The Hall–Kier alpha value is -0.140. The molecule has 1 aromatic carbocycles. The van der Waals surface area contributed by atoms with E-state index in [2.05, 4.69) is 22.6 Å². The van der Waals surface area contributed by atoms with E-state index in [0.29, 0.717) is 8.82 Å². The summed E-state index contributed by atoms with van der Waals surface area (Å²) >= 11 is 2.42. The minimum Gasteiger partial charge on any atom is -0.207 e. The average molecular weight is 391 g/mol. The average Bonchev–Trinajstić information content (AvgIpc) is 3.10. The van der Waals surface area contributed by atoms with Crippen molar-refractivity contribution in [2.75, 3.05) is 0 Å². The third kappa shape index (κ3) is 2.45. The van der Waals surface area contributed by atoms with Crippen LogP contribution in [0.3, 0.4) is 0 Å². The molecule has 1 aliphatic heterocycles. The number of benzene rings is 1. The Morgan fingerprint density at radius 1 is 1.16 bits per heavy atom. The van der Waals surface area contributed by atoms with E-state index in [4.69, 9.17) is 0 Å². The van der Waals surface area contributed by atoms with E-state index >= 15 is 0 Å². The molecule has 0 bridgehead atoms. The first-order chi connectivity index (χ1) is 9.01. The molecule has 0 amide bonds. The highest BCUT2D eigenvalue weighted by Crippen LogP contribution is 2.46. The van der Waals surface area contributed by atoms with Gasteiger partial charge in [-0.25, -0.2) is 8.42 Å². The molecule has 1 aromatic rings. The van der Waals surface area contributed by atoms with Gasteiger partial charge in [-0.15, -0.1) is 0 Å². The van der Waals surface area contributed by atoms with Crippen LogP contribution in [0.5, 0.6) is 0 Å². The topological polar surface area (TPSA) is 37.1 Å². The Labute approximate surface area is 128 Å². The van der Waals surface area contributed by atoms with Gasteiger partial charge in [-0.1, -0.05) is 53.1 Å². The molecular weight excluding hydrogens is 373 g/mol. The summed E-state index contributed by atoms with van der Waals surface area (Å²) in [5, 5.41) is 0. The van der Waals surface area contributed by atoms with Crippen LogP contribution in [-0.2, 0) is 10.0 Å². The van der Waals surface area contributed by atoms with Crippen molar-refractivity contribution in [3.05, 3.63) is 29.8 Å². The number of alkyl halides is 1. The summed E-state index contributed by atoms with van der Waals surface area (Å²) < 4.78 is 27.5. The van der Waals surface area contributed by atoms with E-state index in [1.807, 2.05) is 19.1 Å². The van der Waals surface area contributed by atoms with Crippen LogP contribution in [-0.4, -0.2) is 28.7 Å². The largest absolute Gasteiger partial charge is 0.243 e. The predicted octanol–water partition coefficient (Wildman–Crippen LogP) is 3.11. The van der Waals surface area contributed by atoms with Gasteiger partial charge >= 0.3 is 0 Å². The van der Waals surface area contributed by atoms with Crippen LogP contribution in [0.15, 0.2) is 29.2 Å². The lowest BCUT2D eigenvalue weighted by Gasteiger charge is -2.11. The molecule has 0 aromatic heterocycles. The van der Waals surface area contributed by atoms with Crippen molar-refractivity contribution >= 4 is 32.6 Å². The van der Waals surface area contributed by atoms with Crippen molar-refractivity contribution in [1.29, 1.82) is 0 Å². The highest BCUT2D eigenvalue weighted by molar-refractivity contribution is 14.1. The molecule has 2 aliphatic rings. The summed E-state index contributed by atoms with van der Waals surface area (Å²) in [6.07, 6.45) is 4.55. The van der Waals surface area contributed by atoms with Gasteiger partial charge in [-0.2, -0.15) is 4.31 Å². The Balaban J connectivity index is 1.88. The quantitative estimate of drug-likeness (QED) is 0.441. The molecule has 0 radical (unpaired) electrons. The molecule has 3 nitrogen and oxygen atoms in total. The van der Waals surface area contributed by atoms with Crippen LogP contribution in [0.2, 0.25) is 0 Å². The number of hydrogen-bond acceptors (Lipinski definition) is 2. The SMILES string of the molecule is Cc1ccc(S(=O)(=O)N2[C@H]3[C@H](I)CCCC[C@H]32)cc1. The second-order valence-corrected chi connectivity index (χ2v) is 8.95. The smallest absolute Gasteiger partial charge is 0.207 e. The summed E-state index contributed by atoms with van der Waals surface area (Å²) in [5.41, 5.74) is 1.09. The van der Waals surface area contributed by atoms with E-state index in [1.54, 1.807) is 16.4 Å². The van der Waals surface area contributed by atoms with Gasteiger partial charge in [0.25, 0.3) is 0 Å². The lowest BCUT2D eigenvalue weighted by Crippen LogP contribution is -2.20. The van der Waals surface area contributed by atoms with E-state index in [9.17, 15) is 8.42 Å². The Bertz CT molecular complexity index is 570. The van der Waals surface area contributed by atoms with Gasteiger partial charge in [0.2, 0.25) is 10.0 Å². The third-order valence-corrected chi connectivity index (χ3v) is 7.42. The van der Waals surface area contributed by atoms with Crippen molar-refractivity contribution in [2.45, 2.75) is 53.5 Å². The zero-order valence-corrected chi connectivity index (χ0v) is 13.9. The molecule has 104 valence electrons. The summed E-state index contributed by atoms with van der Waals surface area (Å²) in [5.74, 6) is 0. The lowest BCUT2D eigenvalue weighted by molar-refractivity contribution is 0.521. The van der Waals surface area contributed by atoms with Gasteiger partial charge in [0.05, 0.1) is 10.9 Å². The van der Waals surface area contributed by atoms with Crippen molar-refractivity contribution in [2.24, 2.45) is 0 Å². The highest BCUT2D eigenvalue weighted by atomic mass is 127. The van der Waals surface area contributed by atoms with Crippen molar-refractivity contribution in [3.8, 4) is 0 Å². The molecule has 1 unspecified atom stereocenters. The first-order valence-corrected chi connectivity index (χ1v) is 9.44. The van der Waals surface area contributed by atoms with Gasteiger partial charge in [0.15, 0.2) is 0 Å². The third-order valence-electron chi connectivity index (χ3n) is 4.12. The summed E-state index contributed by atoms with van der Waals surface area (Å²) in [6.45, 7) is 1.97. The first kappa shape index (κ1) is 13.8.